The summed E-state index contributed by atoms with van der Waals surface area (Å²) in [5, 5.41) is 9.23. The molecule has 1 heterocycles. The molecule has 0 radical (unpaired) electrons. The lowest BCUT2D eigenvalue weighted by Crippen LogP contribution is -2.54. The second-order valence-electron chi connectivity index (χ2n) is 5.75. The van der Waals surface area contributed by atoms with E-state index in [1.54, 1.807) is 11.9 Å². The number of hydrogen-bond donors (Lipinski definition) is 1. The molecule has 2 unspecified atom stereocenters. The van der Waals surface area contributed by atoms with Crippen LogP contribution in [-0.4, -0.2) is 52.1 Å². The highest BCUT2D eigenvalue weighted by Crippen LogP contribution is 2.27. The fraction of sp³-hybridized carbons (Fsp3) is 0.846. The van der Waals surface area contributed by atoms with Gasteiger partial charge < -0.3 is 14.9 Å². The number of carbonyl (C=O) groups excluding carboxylic acids is 1. The third kappa shape index (κ3) is 2.60. The SMILES string of the molecule is CCC(C)(C)N(C)C(=O)N1CCC(C)C1C(=O)O. The molecule has 1 fully saturated rings. The third-order valence-electron chi connectivity index (χ3n) is 4.26. The van der Waals surface area contributed by atoms with Crippen LogP contribution in [0.15, 0.2) is 0 Å². The molecule has 0 aromatic carbocycles. The van der Waals surface area contributed by atoms with Gasteiger partial charge in [0.25, 0.3) is 0 Å². The molecular formula is C13H24N2O3. The predicted octanol–water partition coefficient (Wildman–Crippen LogP) is 2.02. The first kappa shape index (κ1) is 14.8. The molecular weight excluding hydrogens is 232 g/mol. The molecule has 1 aliphatic heterocycles. The summed E-state index contributed by atoms with van der Waals surface area (Å²) in [4.78, 5) is 26.8. The van der Waals surface area contributed by atoms with Gasteiger partial charge in [-0.1, -0.05) is 13.8 Å². The zero-order chi connectivity index (χ0) is 14.1. The van der Waals surface area contributed by atoms with E-state index in [4.69, 9.17) is 0 Å². The number of rotatable bonds is 3. The molecule has 1 rings (SSSR count). The number of likely N-dealkylation sites (tertiary alicyclic amines) is 1. The Morgan fingerprint density at radius 3 is 2.44 bits per heavy atom. The Hall–Kier alpha value is -1.26. The standard InChI is InChI=1S/C13H24N2O3/c1-6-13(3,4)14(5)12(18)15-8-7-9(2)10(15)11(16)17/h9-10H,6-8H2,1-5H3,(H,16,17). The number of carboxylic acids is 1. The van der Waals surface area contributed by atoms with Crippen molar-refractivity contribution < 1.29 is 14.7 Å². The Balaban J connectivity index is 2.87. The highest BCUT2D eigenvalue weighted by molar-refractivity contribution is 5.83. The molecule has 104 valence electrons. The van der Waals surface area contributed by atoms with Crippen molar-refractivity contribution in [3.05, 3.63) is 0 Å². The molecule has 0 bridgehead atoms. The number of amides is 2. The van der Waals surface area contributed by atoms with Gasteiger partial charge in [-0.05, 0) is 32.6 Å². The van der Waals surface area contributed by atoms with Crippen molar-refractivity contribution in [2.75, 3.05) is 13.6 Å². The molecule has 1 N–H and O–H groups in total. The first-order valence-corrected chi connectivity index (χ1v) is 6.49. The maximum atomic E-state index is 12.4. The lowest BCUT2D eigenvalue weighted by Gasteiger charge is -2.38. The maximum Gasteiger partial charge on any atom is 0.326 e. The third-order valence-corrected chi connectivity index (χ3v) is 4.26. The summed E-state index contributed by atoms with van der Waals surface area (Å²) in [6.45, 7) is 8.41. The summed E-state index contributed by atoms with van der Waals surface area (Å²) in [5.41, 5.74) is -0.258. The van der Waals surface area contributed by atoms with Crippen molar-refractivity contribution >= 4 is 12.0 Å². The van der Waals surface area contributed by atoms with Gasteiger partial charge in [0.15, 0.2) is 0 Å². The molecule has 0 aromatic heterocycles. The monoisotopic (exact) mass is 256 g/mol. The first-order valence-electron chi connectivity index (χ1n) is 6.49. The summed E-state index contributed by atoms with van der Waals surface area (Å²) in [6, 6.07) is -0.869. The lowest BCUT2D eigenvalue weighted by atomic mass is 10.00. The largest absolute Gasteiger partial charge is 0.480 e. The van der Waals surface area contributed by atoms with E-state index in [0.29, 0.717) is 6.54 Å². The smallest absolute Gasteiger partial charge is 0.326 e. The normalized spacial score (nSPS) is 24.2. The fourth-order valence-electron chi connectivity index (χ4n) is 2.23. The summed E-state index contributed by atoms with van der Waals surface area (Å²) < 4.78 is 0. The van der Waals surface area contributed by atoms with Crippen LogP contribution in [-0.2, 0) is 4.79 Å². The molecule has 5 nitrogen and oxygen atoms in total. The molecule has 2 amide bonds. The zero-order valence-electron chi connectivity index (χ0n) is 11.9. The molecule has 2 atom stereocenters. The fourth-order valence-corrected chi connectivity index (χ4v) is 2.23. The van der Waals surface area contributed by atoms with Gasteiger partial charge in [-0.3, -0.25) is 0 Å². The van der Waals surface area contributed by atoms with Crippen molar-refractivity contribution in [3.63, 3.8) is 0 Å². The number of carbonyl (C=O) groups is 2. The quantitative estimate of drug-likeness (QED) is 0.840. The van der Waals surface area contributed by atoms with Crippen molar-refractivity contribution in [3.8, 4) is 0 Å². The van der Waals surface area contributed by atoms with Crippen LogP contribution in [0.3, 0.4) is 0 Å². The topological polar surface area (TPSA) is 60.9 Å². The van der Waals surface area contributed by atoms with Crippen molar-refractivity contribution in [1.82, 2.24) is 9.80 Å². The van der Waals surface area contributed by atoms with E-state index in [0.717, 1.165) is 12.8 Å². The van der Waals surface area contributed by atoms with Gasteiger partial charge in [-0.25, -0.2) is 9.59 Å². The minimum Gasteiger partial charge on any atom is -0.480 e. The number of urea groups is 1. The van der Waals surface area contributed by atoms with E-state index >= 15 is 0 Å². The average Bonchev–Trinajstić information content (AvgIpc) is 2.69. The van der Waals surface area contributed by atoms with Crippen LogP contribution in [0.25, 0.3) is 0 Å². The van der Waals surface area contributed by atoms with Crippen molar-refractivity contribution in [2.45, 2.75) is 52.1 Å². The average molecular weight is 256 g/mol. The predicted molar refractivity (Wildman–Crippen MR) is 69.4 cm³/mol. The highest BCUT2D eigenvalue weighted by Gasteiger charge is 2.42. The van der Waals surface area contributed by atoms with Gasteiger partial charge in [-0.15, -0.1) is 0 Å². The van der Waals surface area contributed by atoms with Crippen molar-refractivity contribution in [1.29, 1.82) is 0 Å². The minimum absolute atomic E-state index is 0.0181. The summed E-state index contributed by atoms with van der Waals surface area (Å²) in [5.74, 6) is -0.888. The number of aliphatic carboxylic acids is 1. The summed E-state index contributed by atoms with van der Waals surface area (Å²) in [7, 11) is 1.74. The van der Waals surface area contributed by atoms with Crippen LogP contribution in [0.2, 0.25) is 0 Å². The van der Waals surface area contributed by atoms with Gasteiger partial charge >= 0.3 is 12.0 Å². The van der Waals surface area contributed by atoms with E-state index in [1.807, 2.05) is 27.7 Å². The van der Waals surface area contributed by atoms with Crippen LogP contribution < -0.4 is 0 Å². The Morgan fingerprint density at radius 1 is 1.44 bits per heavy atom. The Kier molecular flexibility index (Phi) is 4.24. The summed E-state index contributed by atoms with van der Waals surface area (Å²) in [6.07, 6.45) is 1.58. The number of hydrogen-bond acceptors (Lipinski definition) is 2. The molecule has 0 saturated carbocycles. The van der Waals surface area contributed by atoms with Gasteiger partial charge in [0.05, 0.1) is 0 Å². The second-order valence-corrected chi connectivity index (χ2v) is 5.75. The molecule has 1 aliphatic rings. The van der Waals surface area contributed by atoms with E-state index in [2.05, 4.69) is 0 Å². The number of nitrogens with zero attached hydrogens (tertiary/aromatic N) is 2. The Bertz CT molecular complexity index is 341. The van der Waals surface area contributed by atoms with Crippen LogP contribution in [0.5, 0.6) is 0 Å². The first-order chi connectivity index (χ1) is 8.22. The van der Waals surface area contributed by atoms with Crippen LogP contribution in [0.4, 0.5) is 4.79 Å². The van der Waals surface area contributed by atoms with Crippen LogP contribution in [0, 0.1) is 5.92 Å². The highest BCUT2D eigenvalue weighted by atomic mass is 16.4. The van der Waals surface area contributed by atoms with E-state index in [-0.39, 0.29) is 17.5 Å². The van der Waals surface area contributed by atoms with E-state index in [9.17, 15) is 14.7 Å². The molecule has 5 heteroatoms. The minimum atomic E-state index is -0.906. The Labute approximate surface area is 109 Å². The van der Waals surface area contributed by atoms with Gasteiger partial charge in [0.2, 0.25) is 0 Å². The van der Waals surface area contributed by atoms with Crippen LogP contribution in [0.1, 0.15) is 40.5 Å². The molecule has 0 aliphatic carbocycles. The van der Waals surface area contributed by atoms with Gasteiger partial charge in [0.1, 0.15) is 6.04 Å². The Morgan fingerprint density at radius 2 is 2.00 bits per heavy atom. The lowest BCUT2D eigenvalue weighted by molar-refractivity contribution is -0.142. The molecule has 18 heavy (non-hydrogen) atoms. The summed E-state index contributed by atoms with van der Waals surface area (Å²) >= 11 is 0. The van der Waals surface area contributed by atoms with Gasteiger partial charge in [0, 0.05) is 19.1 Å². The second kappa shape index (κ2) is 5.16. The number of carboxylic acid groups (broad SMARTS) is 1. The van der Waals surface area contributed by atoms with E-state index in [1.165, 1.54) is 4.90 Å². The molecule has 0 aromatic rings. The maximum absolute atomic E-state index is 12.4. The van der Waals surface area contributed by atoms with E-state index < -0.39 is 12.0 Å². The van der Waals surface area contributed by atoms with Crippen molar-refractivity contribution in [2.24, 2.45) is 5.92 Å². The van der Waals surface area contributed by atoms with Gasteiger partial charge in [-0.2, -0.15) is 0 Å². The molecule has 0 spiro atoms. The molecule has 1 saturated heterocycles. The van der Waals surface area contributed by atoms with Crippen LogP contribution >= 0.6 is 0 Å². The zero-order valence-corrected chi connectivity index (χ0v) is 11.9.